The number of halogens is 2. The number of ether oxygens (including phenoxy) is 1. The number of hydrogen-bond donors (Lipinski definition) is 2. The van der Waals surface area contributed by atoms with E-state index >= 15 is 0 Å². The molecule has 0 bridgehead atoms. The molecular formula is C20H28FIN4O2. The number of rotatable bonds is 9. The third kappa shape index (κ3) is 8.28. The third-order valence-corrected chi connectivity index (χ3v) is 3.96. The molecule has 0 fully saturated rings. The maximum Gasteiger partial charge on any atom is 0.250 e. The molecule has 1 atom stereocenters. The van der Waals surface area contributed by atoms with Gasteiger partial charge in [-0.05, 0) is 38.0 Å². The van der Waals surface area contributed by atoms with Crippen LogP contribution in [0.1, 0.15) is 19.8 Å². The quantitative estimate of drug-likeness (QED) is 0.240. The van der Waals surface area contributed by atoms with Gasteiger partial charge in [-0.25, -0.2) is 4.39 Å². The lowest BCUT2D eigenvalue weighted by Gasteiger charge is -2.18. The highest BCUT2D eigenvalue weighted by Gasteiger charge is 2.08. The monoisotopic (exact) mass is 502 g/mol. The molecule has 2 N–H and O–H groups in total. The fourth-order valence-electron chi connectivity index (χ4n) is 2.52. The van der Waals surface area contributed by atoms with Gasteiger partial charge in [0.25, 0.3) is 0 Å². The van der Waals surface area contributed by atoms with Gasteiger partial charge in [0.2, 0.25) is 5.56 Å². The summed E-state index contributed by atoms with van der Waals surface area (Å²) in [6.45, 7) is 3.79. The van der Waals surface area contributed by atoms with E-state index in [9.17, 15) is 9.18 Å². The molecule has 1 heterocycles. The van der Waals surface area contributed by atoms with Crippen LogP contribution in [-0.2, 0) is 6.54 Å². The molecule has 1 unspecified atom stereocenters. The Kier molecular flexibility index (Phi) is 11.2. The number of aromatic nitrogens is 1. The second kappa shape index (κ2) is 13.1. The van der Waals surface area contributed by atoms with Gasteiger partial charge in [-0.15, -0.1) is 24.0 Å². The van der Waals surface area contributed by atoms with Crippen LogP contribution < -0.4 is 20.9 Å². The number of guanidine groups is 1. The highest BCUT2D eigenvalue weighted by atomic mass is 127. The van der Waals surface area contributed by atoms with Gasteiger partial charge >= 0.3 is 0 Å². The molecule has 0 spiro atoms. The summed E-state index contributed by atoms with van der Waals surface area (Å²) in [5.41, 5.74) is 0.0202. The molecule has 154 valence electrons. The summed E-state index contributed by atoms with van der Waals surface area (Å²) < 4.78 is 20.9. The van der Waals surface area contributed by atoms with E-state index in [4.69, 9.17) is 4.74 Å². The van der Waals surface area contributed by atoms with Gasteiger partial charge in [0.05, 0.1) is 6.54 Å². The SMILES string of the molecule is CN=C(NCCCCn1ccccc1=O)NCC(C)Oc1ccccc1F.I. The standard InChI is InChI=1S/C20H27FN4O2.HI/c1-16(27-18-10-4-3-9-17(18)21)15-24-20(22-2)23-12-6-8-14-25-13-7-5-11-19(25)26;/h3-5,7,9-11,13,16H,6,8,12,14-15H2,1-2H3,(H2,22,23,24);1H. The number of pyridine rings is 1. The van der Waals surface area contributed by atoms with E-state index in [-0.39, 0.29) is 47.2 Å². The first-order valence-corrected chi connectivity index (χ1v) is 9.11. The Bertz CT molecular complexity index is 798. The average Bonchev–Trinajstić information content (AvgIpc) is 2.67. The van der Waals surface area contributed by atoms with Gasteiger partial charge in [0, 0.05) is 32.4 Å². The molecule has 0 saturated carbocycles. The summed E-state index contributed by atoms with van der Waals surface area (Å²) in [5.74, 6) is 0.533. The largest absolute Gasteiger partial charge is 0.486 e. The number of nitrogens with one attached hydrogen (secondary N) is 2. The van der Waals surface area contributed by atoms with Crippen LogP contribution in [0.5, 0.6) is 5.75 Å². The van der Waals surface area contributed by atoms with Crippen LogP contribution in [0.25, 0.3) is 0 Å². The number of aliphatic imine (C=N–C) groups is 1. The zero-order valence-electron chi connectivity index (χ0n) is 16.2. The van der Waals surface area contributed by atoms with Crippen LogP contribution in [0.4, 0.5) is 4.39 Å². The van der Waals surface area contributed by atoms with Gasteiger partial charge in [-0.2, -0.15) is 0 Å². The Morgan fingerprint density at radius 2 is 1.93 bits per heavy atom. The smallest absolute Gasteiger partial charge is 0.250 e. The maximum absolute atomic E-state index is 13.6. The van der Waals surface area contributed by atoms with Crippen molar-refractivity contribution in [1.29, 1.82) is 0 Å². The zero-order chi connectivity index (χ0) is 19.5. The molecule has 0 aliphatic heterocycles. The first kappa shape index (κ1) is 23.9. The van der Waals surface area contributed by atoms with Crippen molar-refractivity contribution < 1.29 is 9.13 Å². The lowest BCUT2D eigenvalue weighted by Crippen LogP contribution is -2.42. The van der Waals surface area contributed by atoms with E-state index in [0.29, 0.717) is 19.0 Å². The molecule has 6 nitrogen and oxygen atoms in total. The molecule has 0 radical (unpaired) electrons. The summed E-state index contributed by atoms with van der Waals surface area (Å²) in [6, 6.07) is 11.5. The fraction of sp³-hybridized carbons (Fsp3) is 0.400. The molecule has 2 rings (SSSR count). The Labute approximate surface area is 182 Å². The number of unbranched alkanes of at least 4 members (excludes halogenated alkanes) is 1. The molecule has 28 heavy (non-hydrogen) atoms. The number of benzene rings is 1. The minimum absolute atomic E-state index is 0. The lowest BCUT2D eigenvalue weighted by molar-refractivity contribution is 0.214. The van der Waals surface area contributed by atoms with Gasteiger partial charge in [-0.1, -0.05) is 18.2 Å². The molecule has 1 aromatic heterocycles. The first-order chi connectivity index (χ1) is 13.1. The van der Waals surface area contributed by atoms with Gasteiger partial charge in [0.15, 0.2) is 17.5 Å². The molecule has 0 aliphatic carbocycles. The van der Waals surface area contributed by atoms with E-state index in [1.165, 1.54) is 6.07 Å². The summed E-state index contributed by atoms with van der Waals surface area (Å²) >= 11 is 0. The summed E-state index contributed by atoms with van der Waals surface area (Å²) in [7, 11) is 1.70. The average molecular weight is 502 g/mol. The molecule has 0 aliphatic rings. The van der Waals surface area contributed by atoms with E-state index in [1.54, 1.807) is 48.1 Å². The second-order valence-electron chi connectivity index (χ2n) is 6.18. The topological polar surface area (TPSA) is 67.7 Å². The van der Waals surface area contributed by atoms with Crippen LogP contribution in [0.3, 0.4) is 0 Å². The lowest BCUT2D eigenvalue weighted by atomic mass is 10.3. The van der Waals surface area contributed by atoms with E-state index in [1.807, 2.05) is 13.0 Å². The number of aryl methyl sites for hydroxylation is 1. The third-order valence-electron chi connectivity index (χ3n) is 3.96. The normalized spacial score (nSPS) is 12.0. The summed E-state index contributed by atoms with van der Waals surface area (Å²) in [4.78, 5) is 15.8. The van der Waals surface area contributed by atoms with Crippen molar-refractivity contribution in [3.05, 3.63) is 64.8 Å². The Morgan fingerprint density at radius 3 is 2.64 bits per heavy atom. The van der Waals surface area contributed by atoms with Gasteiger partial charge in [0.1, 0.15) is 6.10 Å². The number of nitrogens with zero attached hydrogens (tertiary/aromatic N) is 2. The first-order valence-electron chi connectivity index (χ1n) is 9.11. The summed E-state index contributed by atoms with van der Waals surface area (Å²) in [5, 5.41) is 6.39. The maximum atomic E-state index is 13.6. The Morgan fingerprint density at radius 1 is 1.18 bits per heavy atom. The van der Waals surface area contributed by atoms with Crippen molar-refractivity contribution in [3.8, 4) is 5.75 Å². The van der Waals surface area contributed by atoms with E-state index in [2.05, 4.69) is 15.6 Å². The van der Waals surface area contributed by atoms with Gasteiger partial charge in [-0.3, -0.25) is 9.79 Å². The van der Waals surface area contributed by atoms with E-state index in [0.717, 1.165) is 19.4 Å². The molecule has 0 saturated heterocycles. The van der Waals surface area contributed by atoms with Crippen molar-refractivity contribution in [2.24, 2.45) is 4.99 Å². The van der Waals surface area contributed by atoms with Crippen molar-refractivity contribution in [1.82, 2.24) is 15.2 Å². The van der Waals surface area contributed by atoms with Crippen LogP contribution in [0, 0.1) is 5.82 Å². The molecule has 8 heteroatoms. The van der Waals surface area contributed by atoms with Crippen LogP contribution >= 0.6 is 24.0 Å². The highest BCUT2D eigenvalue weighted by molar-refractivity contribution is 14.0. The summed E-state index contributed by atoms with van der Waals surface area (Å²) in [6.07, 6.45) is 3.38. The van der Waals surface area contributed by atoms with E-state index < -0.39 is 0 Å². The second-order valence-corrected chi connectivity index (χ2v) is 6.18. The predicted octanol–water partition coefficient (Wildman–Crippen LogP) is 3.02. The minimum atomic E-state index is -0.371. The molecule has 1 aromatic carbocycles. The predicted molar refractivity (Wildman–Crippen MR) is 121 cm³/mol. The number of para-hydroxylation sites is 1. The van der Waals surface area contributed by atoms with Crippen molar-refractivity contribution in [2.75, 3.05) is 20.1 Å². The number of hydrogen-bond acceptors (Lipinski definition) is 3. The minimum Gasteiger partial charge on any atom is -0.486 e. The van der Waals surface area contributed by atoms with Crippen molar-refractivity contribution in [3.63, 3.8) is 0 Å². The van der Waals surface area contributed by atoms with Crippen molar-refractivity contribution >= 4 is 29.9 Å². The molecule has 0 amide bonds. The Hall–Kier alpha value is -2.10. The van der Waals surface area contributed by atoms with Crippen LogP contribution in [0.15, 0.2) is 58.4 Å². The fourth-order valence-corrected chi connectivity index (χ4v) is 2.52. The van der Waals surface area contributed by atoms with Gasteiger partial charge < -0.3 is 19.9 Å². The Balaban J connectivity index is 0.00000392. The van der Waals surface area contributed by atoms with Crippen LogP contribution in [-0.4, -0.2) is 36.8 Å². The van der Waals surface area contributed by atoms with Crippen molar-refractivity contribution in [2.45, 2.75) is 32.4 Å². The highest BCUT2D eigenvalue weighted by Crippen LogP contribution is 2.16. The molecule has 2 aromatic rings. The van der Waals surface area contributed by atoms with Crippen LogP contribution in [0.2, 0.25) is 0 Å². The molecular weight excluding hydrogens is 474 g/mol. The zero-order valence-corrected chi connectivity index (χ0v) is 18.6.